The number of rotatable bonds is 4. The summed E-state index contributed by atoms with van der Waals surface area (Å²) in [6, 6.07) is 5.57. The molecule has 1 aliphatic carbocycles. The second kappa shape index (κ2) is 4.05. The third kappa shape index (κ3) is 2.38. The number of benzene rings is 1. The van der Waals surface area contributed by atoms with Crippen LogP contribution in [0.3, 0.4) is 0 Å². The average molecular weight is 203 g/mol. The molecule has 1 saturated carbocycles. The van der Waals surface area contributed by atoms with Gasteiger partial charge < -0.3 is 5.73 Å². The number of Topliss-reactive ketones (excluding diaryl/α,β-unsaturated/α-hetero) is 1. The first-order valence-corrected chi connectivity index (χ1v) is 5.57. The van der Waals surface area contributed by atoms with Crippen LogP contribution in [0.1, 0.15) is 41.6 Å². The maximum atomic E-state index is 11.9. The smallest absolute Gasteiger partial charge is 0.163 e. The van der Waals surface area contributed by atoms with Crippen molar-refractivity contribution in [3.8, 4) is 0 Å². The lowest BCUT2D eigenvalue weighted by Gasteiger charge is -2.06. The number of ketones is 1. The fourth-order valence-corrected chi connectivity index (χ4v) is 1.83. The lowest BCUT2D eigenvalue weighted by molar-refractivity contribution is 0.0977. The van der Waals surface area contributed by atoms with Gasteiger partial charge in [-0.1, -0.05) is 25.0 Å². The minimum atomic E-state index is 0.242. The summed E-state index contributed by atoms with van der Waals surface area (Å²) in [4.78, 5) is 11.9. The maximum Gasteiger partial charge on any atom is 0.163 e. The van der Waals surface area contributed by atoms with Gasteiger partial charge in [-0.2, -0.15) is 0 Å². The SMILES string of the molecule is Cc1c(N)cccc1C(=O)CCC1CC1. The largest absolute Gasteiger partial charge is 0.398 e. The molecule has 2 heteroatoms. The van der Waals surface area contributed by atoms with Crippen LogP contribution in [0, 0.1) is 12.8 Å². The van der Waals surface area contributed by atoms with Crippen molar-refractivity contribution in [3.63, 3.8) is 0 Å². The van der Waals surface area contributed by atoms with Crippen molar-refractivity contribution in [1.82, 2.24) is 0 Å². The normalized spacial score (nSPS) is 15.3. The van der Waals surface area contributed by atoms with Crippen LogP contribution in [0.15, 0.2) is 18.2 Å². The Labute approximate surface area is 90.5 Å². The molecule has 0 unspecified atom stereocenters. The first-order valence-electron chi connectivity index (χ1n) is 5.57. The second-order valence-corrected chi connectivity index (χ2v) is 4.43. The predicted octanol–water partition coefficient (Wildman–Crippen LogP) is 2.95. The fraction of sp³-hybridized carbons (Fsp3) is 0.462. The second-order valence-electron chi connectivity index (χ2n) is 4.43. The highest BCUT2D eigenvalue weighted by Gasteiger charge is 2.22. The summed E-state index contributed by atoms with van der Waals surface area (Å²) >= 11 is 0. The summed E-state index contributed by atoms with van der Waals surface area (Å²) in [5, 5.41) is 0. The molecule has 1 fully saturated rings. The number of anilines is 1. The van der Waals surface area contributed by atoms with Gasteiger partial charge in [-0.05, 0) is 30.9 Å². The van der Waals surface area contributed by atoms with Crippen molar-refractivity contribution < 1.29 is 4.79 Å². The van der Waals surface area contributed by atoms with Crippen LogP contribution in [-0.4, -0.2) is 5.78 Å². The number of nitrogens with two attached hydrogens (primary N) is 1. The van der Waals surface area contributed by atoms with Gasteiger partial charge in [0, 0.05) is 17.7 Å². The number of hydrogen-bond donors (Lipinski definition) is 1. The van der Waals surface area contributed by atoms with Crippen LogP contribution in [0.4, 0.5) is 5.69 Å². The van der Waals surface area contributed by atoms with E-state index < -0.39 is 0 Å². The van der Waals surface area contributed by atoms with Gasteiger partial charge in [-0.15, -0.1) is 0 Å². The first-order chi connectivity index (χ1) is 7.18. The molecule has 0 heterocycles. The van der Waals surface area contributed by atoms with Crippen LogP contribution >= 0.6 is 0 Å². The van der Waals surface area contributed by atoms with E-state index in [1.807, 2.05) is 25.1 Å². The van der Waals surface area contributed by atoms with E-state index in [0.717, 1.165) is 23.5 Å². The van der Waals surface area contributed by atoms with E-state index in [1.165, 1.54) is 12.8 Å². The van der Waals surface area contributed by atoms with E-state index in [4.69, 9.17) is 5.73 Å². The highest BCUT2D eigenvalue weighted by atomic mass is 16.1. The van der Waals surface area contributed by atoms with Gasteiger partial charge in [0.1, 0.15) is 0 Å². The zero-order valence-electron chi connectivity index (χ0n) is 9.12. The molecule has 0 amide bonds. The fourth-order valence-electron chi connectivity index (χ4n) is 1.83. The maximum absolute atomic E-state index is 11.9. The predicted molar refractivity (Wildman–Crippen MR) is 61.9 cm³/mol. The minimum absolute atomic E-state index is 0.242. The molecule has 2 rings (SSSR count). The first kappa shape index (κ1) is 10.2. The third-order valence-electron chi connectivity index (χ3n) is 3.15. The molecule has 1 aromatic rings. The van der Waals surface area contributed by atoms with E-state index in [0.29, 0.717) is 12.1 Å². The van der Waals surface area contributed by atoms with E-state index in [9.17, 15) is 4.79 Å². The monoisotopic (exact) mass is 203 g/mol. The Morgan fingerprint density at radius 1 is 1.47 bits per heavy atom. The van der Waals surface area contributed by atoms with E-state index >= 15 is 0 Å². The summed E-state index contributed by atoms with van der Waals surface area (Å²) in [5.41, 5.74) is 8.22. The number of hydrogen-bond acceptors (Lipinski definition) is 2. The molecular formula is C13H17NO. The number of carbonyl (C=O) groups excluding carboxylic acids is 1. The molecule has 2 nitrogen and oxygen atoms in total. The van der Waals surface area contributed by atoms with Crippen molar-refractivity contribution in [1.29, 1.82) is 0 Å². The van der Waals surface area contributed by atoms with Crippen molar-refractivity contribution in [2.75, 3.05) is 5.73 Å². The molecule has 0 atom stereocenters. The van der Waals surface area contributed by atoms with Gasteiger partial charge in [0.15, 0.2) is 5.78 Å². The summed E-state index contributed by atoms with van der Waals surface area (Å²) in [6.07, 6.45) is 4.34. The Kier molecular flexibility index (Phi) is 2.76. The Balaban J connectivity index is 2.06. The topological polar surface area (TPSA) is 43.1 Å². The standard InChI is InChI=1S/C13H17NO/c1-9-11(3-2-4-12(9)14)13(15)8-7-10-5-6-10/h2-4,10H,5-8,14H2,1H3. The Hall–Kier alpha value is -1.31. The Morgan fingerprint density at radius 3 is 2.87 bits per heavy atom. The van der Waals surface area contributed by atoms with Crippen molar-refractivity contribution in [3.05, 3.63) is 29.3 Å². The van der Waals surface area contributed by atoms with Crippen LogP contribution in [0.25, 0.3) is 0 Å². The van der Waals surface area contributed by atoms with Crippen LogP contribution < -0.4 is 5.73 Å². The molecule has 0 bridgehead atoms. The summed E-state index contributed by atoms with van der Waals surface area (Å²) in [6.45, 7) is 1.92. The molecule has 1 aromatic carbocycles. The number of carbonyl (C=O) groups is 1. The summed E-state index contributed by atoms with van der Waals surface area (Å²) in [5.74, 6) is 1.06. The lowest BCUT2D eigenvalue weighted by Crippen LogP contribution is -2.04. The van der Waals surface area contributed by atoms with Gasteiger partial charge in [0.2, 0.25) is 0 Å². The number of nitrogen functional groups attached to an aromatic ring is 1. The van der Waals surface area contributed by atoms with Crippen LogP contribution in [-0.2, 0) is 0 Å². The van der Waals surface area contributed by atoms with E-state index in [-0.39, 0.29) is 5.78 Å². The van der Waals surface area contributed by atoms with Gasteiger partial charge in [0.05, 0.1) is 0 Å². The molecule has 2 N–H and O–H groups in total. The molecule has 0 spiro atoms. The molecule has 80 valence electrons. The molecule has 0 radical (unpaired) electrons. The molecule has 15 heavy (non-hydrogen) atoms. The van der Waals surface area contributed by atoms with Crippen molar-refractivity contribution in [2.24, 2.45) is 5.92 Å². The highest BCUT2D eigenvalue weighted by Crippen LogP contribution is 2.34. The summed E-state index contributed by atoms with van der Waals surface area (Å²) < 4.78 is 0. The van der Waals surface area contributed by atoms with Gasteiger partial charge in [-0.3, -0.25) is 4.79 Å². The van der Waals surface area contributed by atoms with E-state index in [2.05, 4.69) is 0 Å². The molecule has 0 aliphatic heterocycles. The highest BCUT2D eigenvalue weighted by molar-refractivity contribution is 5.98. The van der Waals surface area contributed by atoms with Crippen molar-refractivity contribution in [2.45, 2.75) is 32.6 Å². The van der Waals surface area contributed by atoms with Crippen molar-refractivity contribution >= 4 is 11.5 Å². The van der Waals surface area contributed by atoms with Crippen LogP contribution in [0.5, 0.6) is 0 Å². The van der Waals surface area contributed by atoms with Gasteiger partial charge in [0.25, 0.3) is 0 Å². The molecule has 0 aromatic heterocycles. The molecular weight excluding hydrogens is 186 g/mol. The Morgan fingerprint density at radius 2 is 2.20 bits per heavy atom. The average Bonchev–Trinajstić information content (AvgIpc) is 3.02. The summed E-state index contributed by atoms with van der Waals surface area (Å²) in [7, 11) is 0. The van der Waals surface area contributed by atoms with Gasteiger partial charge in [-0.25, -0.2) is 0 Å². The molecule has 0 saturated heterocycles. The molecule has 1 aliphatic rings. The lowest BCUT2D eigenvalue weighted by atomic mass is 9.99. The van der Waals surface area contributed by atoms with E-state index in [1.54, 1.807) is 0 Å². The van der Waals surface area contributed by atoms with Crippen LogP contribution in [0.2, 0.25) is 0 Å². The quantitative estimate of drug-likeness (QED) is 0.604. The zero-order valence-corrected chi connectivity index (χ0v) is 9.12. The third-order valence-corrected chi connectivity index (χ3v) is 3.15. The minimum Gasteiger partial charge on any atom is -0.398 e. The van der Waals surface area contributed by atoms with Gasteiger partial charge >= 0.3 is 0 Å². The zero-order chi connectivity index (χ0) is 10.8. The Bertz CT molecular complexity index is 380.